The van der Waals surface area contributed by atoms with Gasteiger partial charge >= 0.3 is 0 Å². The van der Waals surface area contributed by atoms with Crippen molar-refractivity contribution in [3.63, 3.8) is 0 Å². The van der Waals surface area contributed by atoms with Crippen LogP contribution in [0.25, 0.3) is 0 Å². The van der Waals surface area contributed by atoms with Crippen LogP contribution in [-0.4, -0.2) is 0 Å². The third-order valence-electron chi connectivity index (χ3n) is 3.59. The molecule has 0 heterocycles. The number of hydrogen-bond donors (Lipinski definition) is 2. The van der Waals surface area contributed by atoms with Crippen molar-refractivity contribution in [3.05, 3.63) is 53.6 Å². The second-order valence-corrected chi connectivity index (χ2v) is 5.83. The van der Waals surface area contributed by atoms with Crippen molar-refractivity contribution in [2.45, 2.75) is 39.5 Å². The van der Waals surface area contributed by atoms with E-state index in [1.807, 2.05) is 24.3 Å². The molecule has 0 spiro atoms. The number of benzene rings is 2. The molecule has 0 atom stereocenters. The number of para-hydroxylation sites is 3. The zero-order valence-corrected chi connectivity index (χ0v) is 12.8. The van der Waals surface area contributed by atoms with Gasteiger partial charge in [-0.3, -0.25) is 0 Å². The van der Waals surface area contributed by atoms with Crippen LogP contribution in [0.1, 0.15) is 50.7 Å². The molecule has 0 unspecified atom stereocenters. The van der Waals surface area contributed by atoms with Crippen LogP contribution < -0.4 is 11.1 Å². The Balaban J connectivity index is 2.51. The minimum absolute atomic E-state index is 0.473. The quantitative estimate of drug-likeness (QED) is 0.742. The van der Waals surface area contributed by atoms with E-state index in [1.54, 1.807) is 0 Å². The standard InChI is InChI=1S/C18H24N2/c1-12(2)14-8-7-9-15(13(3)4)18(14)20-17-11-6-5-10-16(17)19/h5-13,20H,19H2,1-4H3. The maximum Gasteiger partial charge on any atom is 0.0618 e. The van der Waals surface area contributed by atoms with Gasteiger partial charge in [0.1, 0.15) is 0 Å². The first-order chi connectivity index (χ1) is 9.50. The Morgan fingerprint density at radius 3 is 1.85 bits per heavy atom. The lowest BCUT2D eigenvalue weighted by molar-refractivity contribution is 0.838. The fraction of sp³-hybridized carbons (Fsp3) is 0.333. The highest BCUT2D eigenvalue weighted by molar-refractivity contribution is 5.76. The van der Waals surface area contributed by atoms with Crippen LogP contribution in [-0.2, 0) is 0 Å². The fourth-order valence-electron chi connectivity index (χ4n) is 2.44. The van der Waals surface area contributed by atoms with Gasteiger partial charge in [-0.2, -0.15) is 0 Å². The number of rotatable bonds is 4. The SMILES string of the molecule is CC(C)c1cccc(C(C)C)c1Nc1ccccc1N. The second kappa shape index (κ2) is 6.00. The first-order valence-corrected chi connectivity index (χ1v) is 7.25. The minimum Gasteiger partial charge on any atom is -0.397 e. The number of anilines is 3. The van der Waals surface area contributed by atoms with Gasteiger partial charge in [-0.05, 0) is 35.1 Å². The van der Waals surface area contributed by atoms with Crippen molar-refractivity contribution in [2.75, 3.05) is 11.1 Å². The van der Waals surface area contributed by atoms with Gasteiger partial charge in [0.25, 0.3) is 0 Å². The monoisotopic (exact) mass is 268 g/mol. The normalized spacial score (nSPS) is 11.1. The van der Waals surface area contributed by atoms with Gasteiger partial charge in [0.2, 0.25) is 0 Å². The van der Waals surface area contributed by atoms with Gasteiger partial charge in [0.15, 0.2) is 0 Å². The number of hydrogen-bond acceptors (Lipinski definition) is 2. The molecule has 0 aliphatic heterocycles. The fourth-order valence-corrected chi connectivity index (χ4v) is 2.44. The highest BCUT2D eigenvalue weighted by Gasteiger charge is 2.14. The molecule has 0 amide bonds. The van der Waals surface area contributed by atoms with E-state index in [-0.39, 0.29) is 0 Å². The van der Waals surface area contributed by atoms with Crippen molar-refractivity contribution < 1.29 is 0 Å². The Kier molecular flexibility index (Phi) is 4.33. The molecule has 2 aromatic carbocycles. The summed E-state index contributed by atoms with van der Waals surface area (Å²) in [6.07, 6.45) is 0. The molecule has 2 heteroatoms. The Bertz CT molecular complexity index is 559. The van der Waals surface area contributed by atoms with E-state index in [2.05, 4.69) is 51.2 Å². The van der Waals surface area contributed by atoms with Crippen LogP contribution in [0.2, 0.25) is 0 Å². The highest BCUT2D eigenvalue weighted by atomic mass is 14.9. The first kappa shape index (κ1) is 14.4. The average Bonchev–Trinajstić information content (AvgIpc) is 2.41. The lowest BCUT2D eigenvalue weighted by atomic mass is 9.92. The van der Waals surface area contributed by atoms with Crippen molar-refractivity contribution in [2.24, 2.45) is 0 Å². The number of nitrogens with one attached hydrogen (secondary N) is 1. The molecule has 0 aliphatic carbocycles. The van der Waals surface area contributed by atoms with Crippen LogP contribution in [0.4, 0.5) is 17.1 Å². The van der Waals surface area contributed by atoms with Gasteiger partial charge in [-0.15, -0.1) is 0 Å². The zero-order chi connectivity index (χ0) is 14.7. The Hall–Kier alpha value is -1.96. The van der Waals surface area contributed by atoms with E-state index in [1.165, 1.54) is 16.8 Å². The van der Waals surface area contributed by atoms with Crippen molar-refractivity contribution in [1.29, 1.82) is 0 Å². The predicted molar refractivity (Wildman–Crippen MR) is 88.8 cm³/mol. The molecular formula is C18H24N2. The van der Waals surface area contributed by atoms with Gasteiger partial charge in [0.05, 0.1) is 11.4 Å². The van der Waals surface area contributed by atoms with Crippen LogP contribution in [0.15, 0.2) is 42.5 Å². The minimum atomic E-state index is 0.473. The third kappa shape index (κ3) is 2.96. The molecule has 2 nitrogen and oxygen atoms in total. The second-order valence-electron chi connectivity index (χ2n) is 5.83. The highest BCUT2D eigenvalue weighted by Crippen LogP contribution is 2.35. The molecule has 0 aromatic heterocycles. The van der Waals surface area contributed by atoms with Crippen molar-refractivity contribution in [3.8, 4) is 0 Å². The maximum atomic E-state index is 6.06. The molecule has 2 aromatic rings. The summed E-state index contributed by atoms with van der Waals surface area (Å²) < 4.78 is 0. The van der Waals surface area contributed by atoms with E-state index in [0.29, 0.717) is 11.8 Å². The summed E-state index contributed by atoms with van der Waals surface area (Å²) in [4.78, 5) is 0. The van der Waals surface area contributed by atoms with E-state index in [9.17, 15) is 0 Å². The molecular weight excluding hydrogens is 244 g/mol. The lowest BCUT2D eigenvalue weighted by Crippen LogP contribution is -2.05. The molecule has 106 valence electrons. The van der Waals surface area contributed by atoms with E-state index in [0.717, 1.165) is 11.4 Å². The summed E-state index contributed by atoms with van der Waals surface area (Å²) in [6, 6.07) is 14.4. The summed E-state index contributed by atoms with van der Waals surface area (Å²) in [6.45, 7) is 8.88. The van der Waals surface area contributed by atoms with Crippen LogP contribution in [0.5, 0.6) is 0 Å². The number of nitrogens with two attached hydrogens (primary N) is 1. The first-order valence-electron chi connectivity index (χ1n) is 7.25. The van der Waals surface area contributed by atoms with E-state index in [4.69, 9.17) is 5.73 Å². The molecule has 20 heavy (non-hydrogen) atoms. The average molecular weight is 268 g/mol. The van der Waals surface area contributed by atoms with Crippen molar-refractivity contribution >= 4 is 17.1 Å². The van der Waals surface area contributed by atoms with Gasteiger partial charge < -0.3 is 11.1 Å². The van der Waals surface area contributed by atoms with Gasteiger partial charge in [-0.1, -0.05) is 58.0 Å². The summed E-state index contributed by atoms with van der Waals surface area (Å²) >= 11 is 0. The van der Waals surface area contributed by atoms with Crippen LogP contribution >= 0.6 is 0 Å². The Labute approximate surface area is 122 Å². The lowest BCUT2D eigenvalue weighted by Gasteiger charge is -2.21. The zero-order valence-electron chi connectivity index (χ0n) is 12.8. The van der Waals surface area contributed by atoms with E-state index >= 15 is 0 Å². The molecule has 0 radical (unpaired) electrons. The Morgan fingerprint density at radius 1 is 0.800 bits per heavy atom. The van der Waals surface area contributed by atoms with Gasteiger partial charge in [-0.25, -0.2) is 0 Å². The molecule has 0 aliphatic rings. The topological polar surface area (TPSA) is 38.0 Å². The largest absolute Gasteiger partial charge is 0.397 e. The molecule has 0 bridgehead atoms. The van der Waals surface area contributed by atoms with Crippen LogP contribution in [0.3, 0.4) is 0 Å². The molecule has 0 saturated carbocycles. The van der Waals surface area contributed by atoms with Crippen molar-refractivity contribution in [1.82, 2.24) is 0 Å². The van der Waals surface area contributed by atoms with E-state index < -0.39 is 0 Å². The Morgan fingerprint density at radius 2 is 1.35 bits per heavy atom. The maximum absolute atomic E-state index is 6.06. The molecule has 2 rings (SSSR count). The molecule has 0 saturated heterocycles. The summed E-state index contributed by atoms with van der Waals surface area (Å²) in [5.74, 6) is 0.947. The van der Waals surface area contributed by atoms with Crippen LogP contribution in [0, 0.1) is 0 Å². The third-order valence-corrected chi connectivity index (χ3v) is 3.59. The summed E-state index contributed by atoms with van der Waals surface area (Å²) in [5, 5.41) is 3.55. The summed E-state index contributed by atoms with van der Waals surface area (Å²) in [5.41, 5.74) is 11.7. The van der Waals surface area contributed by atoms with Gasteiger partial charge in [0, 0.05) is 5.69 Å². The molecule has 3 N–H and O–H groups in total. The smallest absolute Gasteiger partial charge is 0.0618 e. The predicted octanol–water partition coefficient (Wildman–Crippen LogP) is 5.26. The summed E-state index contributed by atoms with van der Waals surface area (Å²) in [7, 11) is 0. The molecule has 0 fully saturated rings. The number of nitrogen functional groups attached to an aromatic ring is 1.